The van der Waals surface area contributed by atoms with Crippen molar-refractivity contribution in [2.45, 2.75) is 71.4 Å². The lowest BCUT2D eigenvalue weighted by molar-refractivity contribution is -0.0146. The highest BCUT2D eigenvalue weighted by Gasteiger charge is 2.48. The molecule has 2 aliphatic heterocycles. The minimum Gasteiger partial charge on any atom is -0.294 e. The average Bonchev–Trinajstić information content (AvgIpc) is 2.61. The van der Waals surface area contributed by atoms with Crippen molar-refractivity contribution in [1.29, 1.82) is 0 Å². The van der Waals surface area contributed by atoms with Crippen molar-refractivity contribution < 1.29 is 0 Å². The highest BCUT2D eigenvalue weighted by molar-refractivity contribution is 5.03. The monoisotopic (exact) mass is 209 g/mol. The number of fused-ring (bicyclic) bond motifs is 1. The molecule has 0 amide bonds. The molecular weight excluding hydrogens is 182 g/mol. The van der Waals surface area contributed by atoms with Crippen LogP contribution in [0.25, 0.3) is 0 Å². The summed E-state index contributed by atoms with van der Waals surface area (Å²) >= 11 is 0. The SMILES string of the molecule is CC(C)C1CCCC2(C(C)C)CCCN12. The van der Waals surface area contributed by atoms with Gasteiger partial charge in [-0.3, -0.25) is 4.90 Å². The van der Waals surface area contributed by atoms with E-state index in [9.17, 15) is 0 Å². The van der Waals surface area contributed by atoms with E-state index >= 15 is 0 Å². The average molecular weight is 209 g/mol. The van der Waals surface area contributed by atoms with Crippen molar-refractivity contribution in [2.75, 3.05) is 6.54 Å². The van der Waals surface area contributed by atoms with Gasteiger partial charge in [0.2, 0.25) is 0 Å². The molecule has 2 fully saturated rings. The van der Waals surface area contributed by atoms with Crippen LogP contribution in [-0.2, 0) is 0 Å². The zero-order chi connectivity index (χ0) is 11.1. The van der Waals surface area contributed by atoms with E-state index in [0.717, 1.165) is 17.9 Å². The predicted molar refractivity (Wildman–Crippen MR) is 66.0 cm³/mol. The maximum Gasteiger partial charge on any atom is 0.0236 e. The predicted octanol–water partition coefficient (Wildman–Crippen LogP) is 3.69. The summed E-state index contributed by atoms with van der Waals surface area (Å²) in [6, 6.07) is 0.864. The first kappa shape index (κ1) is 11.4. The summed E-state index contributed by atoms with van der Waals surface area (Å²) in [4.78, 5) is 2.88. The summed E-state index contributed by atoms with van der Waals surface area (Å²) in [5.41, 5.74) is 0.577. The first-order valence-electron chi connectivity index (χ1n) is 6.84. The molecule has 2 aliphatic rings. The molecule has 0 bridgehead atoms. The van der Waals surface area contributed by atoms with Crippen LogP contribution in [0, 0.1) is 11.8 Å². The second kappa shape index (κ2) is 4.08. The molecule has 1 heteroatoms. The zero-order valence-corrected chi connectivity index (χ0v) is 10.9. The Bertz CT molecular complexity index is 221. The van der Waals surface area contributed by atoms with Crippen LogP contribution >= 0.6 is 0 Å². The molecule has 0 saturated carbocycles. The van der Waals surface area contributed by atoms with Gasteiger partial charge < -0.3 is 0 Å². The van der Waals surface area contributed by atoms with Crippen LogP contribution < -0.4 is 0 Å². The van der Waals surface area contributed by atoms with Crippen LogP contribution in [0.4, 0.5) is 0 Å². The quantitative estimate of drug-likeness (QED) is 0.670. The molecule has 2 saturated heterocycles. The fraction of sp³-hybridized carbons (Fsp3) is 1.00. The molecule has 2 rings (SSSR count). The van der Waals surface area contributed by atoms with Crippen LogP contribution in [0.1, 0.15) is 59.8 Å². The lowest BCUT2D eigenvalue weighted by Gasteiger charge is -2.51. The molecule has 0 aliphatic carbocycles. The van der Waals surface area contributed by atoms with E-state index in [1.807, 2.05) is 0 Å². The van der Waals surface area contributed by atoms with Gasteiger partial charge in [-0.05, 0) is 44.1 Å². The van der Waals surface area contributed by atoms with Crippen molar-refractivity contribution in [3.05, 3.63) is 0 Å². The third-order valence-corrected chi connectivity index (χ3v) is 4.93. The number of hydrogen-bond acceptors (Lipinski definition) is 1. The molecule has 0 aromatic heterocycles. The zero-order valence-electron chi connectivity index (χ0n) is 10.9. The minimum absolute atomic E-state index is 0.577. The van der Waals surface area contributed by atoms with E-state index in [-0.39, 0.29) is 0 Å². The Morgan fingerprint density at radius 3 is 2.33 bits per heavy atom. The summed E-state index contributed by atoms with van der Waals surface area (Å²) in [5.74, 6) is 1.67. The van der Waals surface area contributed by atoms with E-state index in [4.69, 9.17) is 0 Å². The van der Waals surface area contributed by atoms with Crippen molar-refractivity contribution in [2.24, 2.45) is 11.8 Å². The molecule has 0 radical (unpaired) electrons. The Kier molecular flexibility index (Phi) is 3.12. The summed E-state index contributed by atoms with van der Waals surface area (Å²) in [6.07, 6.45) is 7.23. The van der Waals surface area contributed by atoms with Crippen molar-refractivity contribution in [3.63, 3.8) is 0 Å². The van der Waals surface area contributed by atoms with Crippen LogP contribution in [0.2, 0.25) is 0 Å². The van der Waals surface area contributed by atoms with Gasteiger partial charge in [-0.15, -0.1) is 0 Å². The van der Waals surface area contributed by atoms with E-state index in [1.54, 1.807) is 0 Å². The van der Waals surface area contributed by atoms with Crippen LogP contribution in [0.5, 0.6) is 0 Å². The van der Waals surface area contributed by atoms with E-state index in [1.165, 1.54) is 38.6 Å². The molecule has 88 valence electrons. The highest BCUT2D eigenvalue weighted by atomic mass is 15.3. The van der Waals surface area contributed by atoms with Crippen molar-refractivity contribution in [3.8, 4) is 0 Å². The molecular formula is C14H27N. The van der Waals surface area contributed by atoms with Gasteiger partial charge >= 0.3 is 0 Å². The van der Waals surface area contributed by atoms with Crippen LogP contribution in [0.3, 0.4) is 0 Å². The number of nitrogens with zero attached hydrogens (tertiary/aromatic N) is 1. The Labute approximate surface area is 95.2 Å². The highest BCUT2D eigenvalue weighted by Crippen LogP contribution is 2.46. The maximum absolute atomic E-state index is 2.88. The number of piperidine rings is 1. The minimum atomic E-state index is 0.577. The largest absolute Gasteiger partial charge is 0.294 e. The van der Waals surface area contributed by atoms with Gasteiger partial charge in [-0.25, -0.2) is 0 Å². The topological polar surface area (TPSA) is 3.24 Å². The van der Waals surface area contributed by atoms with Gasteiger partial charge in [-0.2, -0.15) is 0 Å². The molecule has 2 unspecified atom stereocenters. The van der Waals surface area contributed by atoms with Crippen LogP contribution in [0.15, 0.2) is 0 Å². The molecule has 1 nitrogen and oxygen atoms in total. The van der Waals surface area contributed by atoms with Gasteiger partial charge in [0.1, 0.15) is 0 Å². The van der Waals surface area contributed by atoms with Gasteiger partial charge in [0.05, 0.1) is 0 Å². The Morgan fingerprint density at radius 2 is 1.73 bits per heavy atom. The van der Waals surface area contributed by atoms with Crippen LogP contribution in [-0.4, -0.2) is 23.0 Å². The number of rotatable bonds is 2. The summed E-state index contributed by atoms with van der Waals surface area (Å²) in [6.45, 7) is 11.0. The van der Waals surface area contributed by atoms with Gasteiger partial charge in [0.25, 0.3) is 0 Å². The Hall–Kier alpha value is -0.0400. The summed E-state index contributed by atoms with van der Waals surface area (Å²) in [7, 11) is 0. The van der Waals surface area contributed by atoms with Gasteiger partial charge in [-0.1, -0.05) is 34.1 Å². The Balaban J connectivity index is 2.22. The normalized spacial score (nSPS) is 37.6. The summed E-state index contributed by atoms with van der Waals surface area (Å²) < 4.78 is 0. The fourth-order valence-electron chi connectivity index (χ4n) is 4.06. The molecule has 0 aromatic carbocycles. The summed E-state index contributed by atoms with van der Waals surface area (Å²) in [5, 5.41) is 0. The lowest BCUT2D eigenvalue weighted by Crippen LogP contribution is -2.57. The smallest absolute Gasteiger partial charge is 0.0236 e. The fourth-order valence-corrected chi connectivity index (χ4v) is 4.06. The third-order valence-electron chi connectivity index (χ3n) is 4.93. The molecule has 0 N–H and O–H groups in total. The molecule has 2 atom stereocenters. The van der Waals surface area contributed by atoms with Crippen molar-refractivity contribution in [1.82, 2.24) is 4.90 Å². The second-order valence-corrected chi connectivity index (χ2v) is 6.26. The van der Waals surface area contributed by atoms with E-state index in [0.29, 0.717) is 5.54 Å². The molecule has 15 heavy (non-hydrogen) atoms. The third kappa shape index (κ3) is 1.73. The molecule has 2 heterocycles. The number of hydrogen-bond donors (Lipinski definition) is 0. The first-order valence-corrected chi connectivity index (χ1v) is 6.84. The maximum atomic E-state index is 2.88. The first-order chi connectivity index (χ1) is 7.08. The second-order valence-electron chi connectivity index (χ2n) is 6.26. The van der Waals surface area contributed by atoms with Gasteiger partial charge in [0, 0.05) is 11.6 Å². The van der Waals surface area contributed by atoms with E-state index < -0.39 is 0 Å². The lowest BCUT2D eigenvalue weighted by atomic mass is 9.74. The standard InChI is InChI=1S/C14H27N/c1-11(2)13-7-5-8-14(12(3)4)9-6-10-15(13)14/h11-13H,5-10H2,1-4H3. The Morgan fingerprint density at radius 1 is 1.07 bits per heavy atom. The molecule has 0 spiro atoms. The molecule has 0 aromatic rings. The van der Waals surface area contributed by atoms with E-state index in [2.05, 4.69) is 32.6 Å². The van der Waals surface area contributed by atoms with Gasteiger partial charge in [0.15, 0.2) is 0 Å². The van der Waals surface area contributed by atoms with Crippen molar-refractivity contribution >= 4 is 0 Å².